The zero-order valence-corrected chi connectivity index (χ0v) is 17.9. The predicted octanol–water partition coefficient (Wildman–Crippen LogP) is 4.14. The van der Waals surface area contributed by atoms with Crippen molar-refractivity contribution < 1.29 is 18.0 Å². The second kappa shape index (κ2) is 8.76. The van der Waals surface area contributed by atoms with E-state index in [9.17, 15) is 18.0 Å². The molecule has 4 rings (SSSR count). The minimum Gasteiger partial charge on any atom is -0.366 e. The molecule has 0 saturated carbocycles. The largest absolute Gasteiger partial charge is 0.417 e. The number of fused-ring (bicyclic) bond motifs is 1. The van der Waals surface area contributed by atoms with Gasteiger partial charge in [-0.1, -0.05) is 6.07 Å². The Balaban J connectivity index is 1.62. The summed E-state index contributed by atoms with van der Waals surface area (Å²) >= 11 is 0. The van der Waals surface area contributed by atoms with Gasteiger partial charge in [-0.15, -0.1) is 0 Å². The minimum absolute atomic E-state index is 0.0613. The van der Waals surface area contributed by atoms with Crippen LogP contribution in [0, 0.1) is 0 Å². The summed E-state index contributed by atoms with van der Waals surface area (Å²) in [7, 11) is 0. The molecule has 1 amide bonds. The Hall–Kier alpha value is -3.17. The van der Waals surface area contributed by atoms with Crippen molar-refractivity contribution in [3.8, 4) is 0 Å². The van der Waals surface area contributed by atoms with E-state index in [0.717, 1.165) is 6.07 Å². The molecule has 32 heavy (non-hydrogen) atoms. The van der Waals surface area contributed by atoms with Crippen LogP contribution in [0.2, 0.25) is 0 Å². The zero-order chi connectivity index (χ0) is 22.9. The molecule has 0 unspecified atom stereocenters. The van der Waals surface area contributed by atoms with E-state index in [2.05, 4.69) is 25.5 Å². The van der Waals surface area contributed by atoms with Crippen molar-refractivity contribution in [1.29, 1.82) is 0 Å². The molecule has 4 heterocycles. The van der Waals surface area contributed by atoms with Crippen LogP contribution in [0.1, 0.15) is 49.6 Å². The number of piperidine rings is 1. The second-order valence-corrected chi connectivity index (χ2v) is 8.36. The molecule has 3 aromatic heterocycles. The third kappa shape index (κ3) is 4.68. The number of halogens is 3. The van der Waals surface area contributed by atoms with Gasteiger partial charge >= 0.3 is 6.18 Å². The van der Waals surface area contributed by atoms with Gasteiger partial charge in [0.15, 0.2) is 11.5 Å². The summed E-state index contributed by atoms with van der Waals surface area (Å²) < 4.78 is 41.8. The first-order valence-corrected chi connectivity index (χ1v) is 10.6. The molecule has 7 nitrogen and oxygen atoms in total. The fraction of sp³-hybridized carbons (Fsp3) is 0.455. The Morgan fingerprint density at radius 1 is 1.34 bits per heavy atom. The van der Waals surface area contributed by atoms with Crippen LogP contribution in [0.5, 0.6) is 0 Å². The van der Waals surface area contributed by atoms with Crippen molar-refractivity contribution in [2.45, 2.75) is 51.2 Å². The van der Waals surface area contributed by atoms with Crippen LogP contribution < -0.4 is 5.32 Å². The molecule has 1 aliphatic heterocycles. The third-order valence-corrected chi connectivity index (χ3v) is 5.53. The van der Waals surface area contributed by atoms with Crippen molar-refractivity contribution >= 4 is 22.8 Å². The average Bonchev–Trinajstić information content (AvgIpc) is 3.15. The number of hydrogen-bond acceptors (Lipinski definition) is 5. The highest BCUT2D eigenvalue weighted by atomic mass is 19.4. The van der Waals surface area contributed by atoms with Gasteiger partial charge in [0.25, 0.3) is 0 Å². The van der Waals surface area contributed by atoms with Crippen LogP contribution in [0.4, 0.5) is 19.0 Å². The van der Waals surface area contributed by atoms with Gasteiger partial charge in [-0.25, -0.2) is 4.98 Å². The number of carbonyl (C=O) groups excluding carboxylic acids is 1. The molecule has 1 aliphatic rings. The van der Waals surface area contributed by atoms with Crippen LogP contribution in [0.3, 0.4) is 0 Å². The molecule has 1 saturated heterocycles. The lowest BCUT2D eigenvalue weighted by Crippen LogP contribution is -2.40. The van der Waals surface area contributed by atoms with Gasteiger partial charge in [0.2, 0.25) is 5.91 Å². The van der Waals surface area contributed by atoms with Crippen LogP contribution in [-0.4, -0.2) is 50.1 Å². The highest BCUT2D eigenvalue weighted by molar-refractivity contribution is 5.91. The number of anilines is 1. The molecular formula is C22H25F3N6O. The number of carbonyl (C=O) groups is 1. The van der Waals surface area contributed by atoms with E-state index in [0.29, 0.717) is 37.3 Å². The zero-order valence-electron chi connectivity index (χ0n) is 17.9. The Morgan fingerprint density at radius 2 is 2.16 bits per heavy atom. The number of rotatable bonds is 5. The summed E-state index contributed by atoms with van der Waals surface area (Å²) in [5, 5.41) is 9.54. The SMILES string of the molecule is CC(C)Nc1n[nH]c2nc([C@H]3CCCN(C(=O)Cc4ccccn4)C3)cc(C(F)(F)F)c12. The Morgan fingerprint density at radius 3 is 2.84 bits per heavy atom. The van der Waals surface area contributed by atoms with Crippen molar-refractivity contribution in [1.82, 2.24) is 25.1 Å². The first-order chi connectivity index (χ1) is 15.2. The molecule has 170 valence electrons. The van der Waals surface area contributed by atoms with Crippen LogP contribution in [0.15, 0.2) is 30.5 Å². The number of amides is 1. The van der Waals surface area contributed by atoms with Gasteiger partial charge in [0.05, 0.1) is 17.4 Å². The Kier molecular flexibility index (Phi) is 6.03. The lowest BCUT2D eigenvalue weighted by Gasteiger charge is -2.32. The molecule has 3 aromatic rings. The maximum atomic E-state index is 13.9. The molecular weight excluding hydrogens is 421 g/mol. The lowest BCUT2D eigenvalue weighted by molar-refractivity contribution is -0.136. The quantitative estimate of drug-likeness (QED) is 0.615. The molecule has 10 heteroatoms. The smallest absolute Gasteiger partial charge is 0.366 e. The molecule has 1 fully saturated rings. The van der Waals surface area contributed by atoms with Gasteiger partial charge in [0.1, 0.15) is 0 Å². The molecule has 0 aromatic carbocycles. The highest BCUT2D eigenvalue weighted by Gasteiger charge is 2.37. The lowest BCUT2D eigenvalue weighted by atomic mass is 9.92. The van der Waals surface area contributed by atoms with Gasteiger partial charge in [-0.2, -0.15) is 18.3 Å². The number of alkyl halides is 3. The number of aromatic amines is 1. The monoisotopic (exact) mass is 446 g/mol. The van der Waals surface area contributed by atoms with Crippen LogP contribution in [-0.2, 0) is 17.4 Å². The second-order valence-electron chi connectivity index (χ2n) is 8.36. The third-order valence-electron chi connectivity index (χ3n) is 5.53. The molecule has 2 N–H and O–H groups in total. The minimum atomic E-state index is -4.56. The predicted molar refractivity (Wildman–Crippen MR) is 114 cm³/mol. The van der Waals surface area contributed by atoms with Crippen LogP contribution in [0.25, 0.3) is 11.0 Å². The van der Waals surface area contributed by atoms with Crippen LogP contribution >= 0.6 is 0 Å². The summed E-state index contributed by atoms with van der Waals surface area (Å²) in [5.74, 6) is -0.237. The molecule has 0 aliphatic carbocycles. The topological polar surface area (TPSA) is 86.8 Å². The number of aromatic nitrogens is 4. The summed E-state index contributed by atoms with van der Waals surface area (Å²) in [4.78, 5) is 23.1. The van der Waals surface area contributed by atoms with E-state index in [1.165, 1.54) is 0 Å². The van der Waals surface area contributed by atoms with Crippen molar-refractivity contribution in [2.75, 3.05) is 18.4 Å². The first kappa shape index (κ1) is 22.0. The molecule has 0 bridgehead atoms. The summed E-state index contributed by atoms with van der Waals surface area (Å²) in [6.45, 7) is 4.55. The molecule has 1 atom stereocenters. The van der Waals surface area contributed by atoms with E-state index >= 15 is 0 Å². The number of likely N-dealkylation sites (tertiary alicyclic amines) is 1. The summed E-state index contributed by atoms with van der Waals surface area (Å²) in [6.07, 6.45) is -1.40. The fourth-order valence-corrected chi connectivity index (χ4v) is 4.08. The number of nitrogens with zero attached hydrogens (tertiary/aromatic N) is 4. The van der Waals surface area contributed by atoms with Gasteiger partial charge in [-0.3, -0.25) is 14.9 Å². The average molecular weight is 446 g/mol. The Labute approximate surface area is 183 Å². The Bertz CT molecular complexity index is 1100. The van der Waals surface area contributed by atoms with E-state index in [1.54, 1.807) is 23.2 Å². The summed E-state index contributed by atoms with van der Waals surface area (Å²) in [6, 6.07) is 6.41. The first-order valence-electron chi connectivity index (χ1n) is 10.6. The van der Waals surface area contributed by atoms with E-state index in [4.69, 9.17) is 0 Å². The number of nitrogens with one attached hydrogen (secondary N) is 2. The molecule has 0 spiro atoms. The molecule has 0 radical (unpaired) electrons. The van der Waals surface area contributed by atoms with E-state index in [1.807, 2.05) is 19.9 Å². The normalized spacial score (nSPS) is 17.2. The number of H-pyrrole nitrogens is 1. The van der Waals surface area contributed by atoms with Crippen molar-refractivity contribution in [3.63, 3.8) is 0 Å². The van der Waals surface area contributed by atoms with E-state index in [-0.39, 0.29) is 41.1 Å². The van der Waals surface area contributed by atoms with Gasteiger partial charge < -0.3 is 10.2 Å². The summed E-state index contributed by atoms with van der Waals surface area (Å²) in [5.41, 5.74) is 0.308. The number of hydrogen-bond donors (Lipinski definition) is 2. The van der Waals surface area contributed by atoms with Crippen molar-refractivity contribution in [2.24, 2.45) is 0 Å². The van der Waals surface area contributed by atoms with Gasteiger partial charge in [-0.05, 0) is 44.9 Å². The number of pyridine rings is 2. The maximum Gasteiger partial charge on any atom is 0.417 e. The van der Waals surface area contributed by atoms with Crippen molar-refractivity contribution in [3.05, 3.63) is 47.4 Å². The highest BCUT2D eigenvalue weighted by Crippen LogP contribution is 2.39. The fourth-order valence-electron chi connectivity index (χ4n) is 4.08. The standard InChI is InChI=1S/C22H25F3N6O/c1-13(2)27-20-19-16(22(23,24)25)11-17(28-21(19)30-29-20)14-6-5-9-31(12-14)18(32)10-15-7-3-4-8-26-15/h3-4,7-8,11,13-14H,5-6,9-10,12H2,1-2H3,(H2,27,28,29,30)/t14-/m0/s1. The van der Waals surface area contributed by atoms with E-state index < -0.39 is 11.7 Å². The van der Waals surface area contributed by atoms with Gasteiger partial charge in [0, 0.05) is 42.6 Å². The maximum absolute atomic E-state index is 13.9.